The highest BCUT2D eigenvalue weighted by Crippen LogP contribution is 2.35. The quantitative estimate of drug-likeness (QED) is 0.259. The number of alkyl halides is 3. The largest absolute Gasteiger partial charge is 0.444 e. The van der Waals surface area contributed by atoms with Crippen molar-refractivity contribution in [3.8, 4) is 0 Å². The molecule has 1 fully saturated rings. The number of piperazine rings is 1. The molecule has 1 aromatic heterocycles. The zero-order chi connectivity index (χ0) is 33.6. The van der Waals surface area contributed by atoms with Gasteiger partial charge in [-0.15, -0.1) is 0 Å². The summed E-state index contributed by atoms with van der Waals surface area (Å²) in [7, 11) is 0. The molecule has 2 heterocycles. The molecule has 47 heavy (non-hydrogen) atoms. The van der Waals surface area contributed by atoms with Gasteiger partial charge < -0.3 is 15.0 Å². The minimum Gasteiger partial charge on any atom is -0.444 e. The summed E-state index contributed by atoms with van der Waals surface area (Å²) >= 11 is 0. The van der Waals surface area contributed by atoms with Crippen LogP contribution in [0.2, 0.25) is 0 Å². The standard InChI is InChI=1S/C36H42F3N5O3/c1-35(2,3)47-34(46)42-32-10-6-7-27(40-32)19-20-43-21-23-44(24-22-43)29-17-15-28(16-18-29)41-33(45)31-9-5-4-8-30(31)25-11-13-26(14-12-25)36(37,38)39/h6-7,10-18H,4-5,8-9,19-24H2,1-3H3,(H,41,45)(H,40,42,46). The van der Waals surface area contributed by atoms with Gasteiger partial charge in [0.2, 0.25) is 0 Å². The lowest BCUT2D eigenvalue weighted by atomic mass is 9.86. The number of carbonyl (C=O) groups is 2. The van der Waals surface area contributed by atoms with Crippen LogP contribution in [-0.4, -0.2) is 60.2 Å². The first kappa shape index (κ1) is 34.0. The fourth-order valence-electron chi connectivity index (χ4n) is 5.90. The van der Waals surface area contributed by atoms with E-state index in [4.69, 9.17) is 4.74 Å². The fourth-order valence-corrected chi connectivity index (χ4v) is 5.90. The molecule has 0 radical (unpaired) electrons. The van der Waals surface area contributed by atoms with Crippen LogP contribution in [0.1, 0.15) is 63.3 Å². The zero-order valence-electron chi connectivity index (χ0n) is 27.1. The highest BCUT2D eigenvalue weighted by atomic mass is 19.4. The molecule has 250 valence electrons. The maximum atomic E-state index is 13.3. The van der Waals surface area contributed by atoms with Gasteiger partial charge in [-0.2, -0.15) is 13.2 Å². The highest BCUT2D eigenvalue weighted by molar-refractivity contribution is 6.09. The van der Waals surface area contributed by atoms with Gasteiger partial charge in [-0.25, -0.2) is 9.78 Å². The minimum absolute atomic E-state index is 0.207. The lowest BCUT2D eigenvalue weighted by Gasteiger charge is -2.36. The number of nitrogens with zero attached hydrogens (tertiary/aromatic N) is 3. The molecule has 0 bridgehead atoms. The van der Waals surface area contributed by atoms with E-state index >= 15 is 0 Å². The predicted molar refractivity (Wildman–Crippen MR) is 178 cm³/mol. The van der Waals surface area contributed by atoms with E-state index in [1.807, 2.05) is 57.2 Å². The van der Waals surface area contributed by atoms with E-state index in [2.05, 4.69) is 25.4 Å². The number of anilines is 3. The molecule has 3 aromatic rings. The lowest BCUT2D eigenvalue weighted by molar-refractivity contribution is -0.137. The molecule has 2 N–H and O–H groups in total. The van der Waals surface area contributed by atoms with Crippen LogP contribution in [0.4, 0.5) is 35.2 Å². The fraction of sp³-hybridized carbons (Fsp3) is 0.417. The van der Waals surface area contributed by atoms with Crippen LogP contribution in [0.3, 0.4) is 0 Å². The monoisotopic (exact) mass is 649 g/mol. The van der Waals surface area contributed by atoms with E-state index in [0.717, 1.165) is 81.1 Å². The number of halogens is 3. The minimum atomic E-state index is -4.39. The zero-order valence-corrected chi connectivity index (χ0v) is 27.1. The SMILES string of the molecule is CC(C)(C)OC(=O)Nc1cccc(CCN2CCN(c3ccc(NC(=O)C4=C(c5ccc(C(F)(F)F)cc5)CCCC4)cc3)CC2)n1. The van der Waals surface area contributed by atoms with Crippen LogP contribution in [0, 0.1) is 0 Å². The van der Waals surface area contributed by atoms with Gasteiger partial charge in [0.1, 0.15) is 11.4 Å². The topological polar surface area (TPSA) is 86.8 Å². The molecular weight excluding hydrogens is 607 g/mol. The maximum absolute atomic E-state index is 13.3. The molecule has 11 heteroatoms. The van der Waals surface area contributed by atoms with Crippen LogP contribution in [0.25, 0.3) is 5.57 Å². The van der Waals surface area contributed by atoms with Crippen molar-refractivity contribution in [1.29, 1.82) is 0 Å². The van der Waals surface area contributed by atoms with Gasteiger partial charge in [0.25, 0.3) is 5.91 Å². The number of rotatable bonds is 8. The number of allylic oxidation sites excluding steroid dienone is 1. The molecule has 5 rings (SSSR count). The Kier molecular flexibility index (Phi) is 10.5. The number of aromatic nitrogens is 1. The molecule has 0 atom stereocenters. The number of pyridine rings is 1. The second-order valence-electron chi connectivity index (χ2n) is 13.0. The van der Waals surface area contributed by atoms with Crippen molar-refractivity contribution in [3.63, 3.8) is 0 Å². The smallest absolute Gasteiger partial charge is 0.416 e. The summed E-state index contributed by atoms with van der Waals surface area (Å²) in [5.41, 5.74) is 3.49. The summed E-state index contributed by atoms with van der Waals surface area (Å²) in [6.45, 7) is 9.82. The van der Waals surface area contributed by atoms with Crippen LogP contribution in [0.15, 0.2) is 72.3 Å². The number of amides is 2. The summed E-state index contributed by atoms with van der Waals surface area (Å²) in [6.07, 6.45) is -1.15. The van der Waals surface area contributed by atoms with E-state index in [0.29, 0.717) is 35.5 Å². The van der Waals surface area contributed by atoms with Crippen molar-refractivity contribution < 1.29 is 27.5 Å². The molecule has 1 aliphatic carbocycles. The number of hydrogen-bond acceptors (Lipinski definition) is 6. The summed E-state index contributed by atoms with van der Waals surface area (Å²) in [4.78, 5) is 34.6. The highest BCUT2D eigenvalue weighted by Gasteiger charge is 2.30. The van der Waals surface area contributed by atoms with Gasteiger partial charge in [-0.3, -0.25) is 15.0 Å². The maximum Gasteiger partial charge on any atom is 0.416 e. The van der Waals surface area contributed by atoms with E-state index < -0.39 is 23.4 Å². The van der Waals surface area contributed by atoms with Crippen molar-refractivity contribution >= 4 is 34.8 Å². The molecule has 1 saturated heterocycles. The second-order valence-corrected chi connectivity index (χ2v) is 13.0. The van der Waals surface area contributed by atoms with Gasteiger partial charge in [0.15, 0.2) is 0 Å². The number of benzene rings is 2. The van der Waals surface area contributed by atoms with Gasteiger partial charge in [0, 0.05) is 61.8 Å². The van der Waals surface area contributed by atoms with Gasteiger partial charge in [0.05, 0.1) is 5.56 Å². The van der Waals surface area contributed by atoms with Crippen LogP contribution >= 0.6 is 0 Å². The third kappa shape index (κ3) is 9.57. The van der Waals surface area contributed by atoms with E-state index in [-0.39, 0.29) is 5.91 Å². The van der Waals surface area contributed by atoms with Crippen LogP contribution in [0.5, 0.6) is 0 Å². The average molecular weight is 650 g/mol. The molecule has 0 unspecified atom stereocenters. The Labute approximate surface area is 274 Å². The second kappa shape index (κ2) is 14.6. The third-order valence-electron chi connectivity index (χ3n) is 8.29. The lowest BCUT2D eigenvalue weighted by Crippen LogP contribution is -2.47. The van der Waals surface area contributed by atoms with Crippen molar-refractivity contribution in [2.24, 2.45) is 0 Å². The van der Waals surface area contributed by atoms with Crippen molar-refractivity contribution in [1.82, 2.24) is 9.88 Å². The van der Waals surface area contributed by atoms with E-state index in [9.17, 15) is 22.8 Å². The van der Waals surface area contributed by atoms with Crippen molar-refractivity contribution in [2.45, 2.75) is 64.7 Å². The Morgan fingerprint density at radius 2 is 1.53 bits per heavy atom. The first-order valence-electron chi connectivity index (χ1n) is 16.1. The van der Waals surface area contributed by atoms with Gasteiger partial charge >= 0.3 is 12.3 Å². The Bertz CT molecular complexity index is 1570. The normalized spacial score (nSPS) is 16.2. The summed E-state index contributed by atoms with van der Waals surface area (Å²) in [5, 5.41) is 5.70. The molecular formula is C36H42F3N5O3. The number of nitrogens with one attached hydrogen (secondary N) is 2. The first-order chi connectivity index (χ1) is 22.3. The molecule has 1 aliphatic heterocycles. The summed E-state index contributed by atoms with van der Waals surface area (Å²) in [6, 6.07) is 18.5. The average Bonchev–Trinajstić information content (AvgIpc) is 3.03. The van der Waals surface area contributed by atoms with Gasteiger partial charge in [-0.05, 0) is 106 Å². The Balaban J connectivity index is 1.11. The molecule has 0 spiro atoms. The number of hydrogen-bond donors (Lipinski definition) is 2. The Hall–Kier alpha value is -4.38. The molecule has 0 saturated carbocycles. The van der Waals surface area contributed by atoms with E-state index in [1.165, 1.54) is 12.1 Å². The van der Waals surface area contributed by atoms with Crippen molar-refractivity contribution in [3.05, 3.63) is 89.1 Å². The van der Waals surface area contributed by atoms with Crippen molar-refractivity contribution in [2.75, 3.05) is 48.3 Å². The van der Waals surface area contributed by atoms with Crippen LogP contribution < -0.4 is 15.5 Å². The van der Waals surface area contributed by atoms with Gasteiger partial charge in [-0.1, -0.05) is 18.2 Å². The Morgan fingerprint density at radius 3 is 2.19 bits per heavy atom. The third-order valence-corrected chi connectivity index (χ3v) is 8.29. The summed E-state index contributed by atoms with van der Waals surface area (Å²) in [5.74, 6) is 0.262. The number of ether oxygens (including phenoxy) is 1. The molecule has 2 aromatic carbocycles. The molecule has 2 aliphatic rings. The predicted octanol–water partition coefficient (Wildman–Crippen LogP) is 7.78. The molecule has 2 amide bonds. The Morgan fingerprint density at radius 1 is 0.851 bits per heavy atom. The summed E-state index contributed by atoms with van der Waals surface area (Å²) < 4.78 is 44.4. The van der Waals surface area contributed by atoms with Crippen LogP contribution in [-0.2, 0) is 22.1 Å². The number of carbonyl (C=O) groups excluding carboxylic acids is 2. The first-order valence-corrected chi connectivity index (χ1v) is 16.1. The molecule has 8 nitrogen and oxygen atoms in total. The van der Waals surface area contributed by atoms with E-state index in [1.54, 1.807) is 6.07 Å².